The van der Waals surface area contributed by atoms with Crippen molar-refractivity contribution in [2.75, 3.05) is 6.54 Å². The Hall–Kier alpha value is -1.30. The van der Waals surface area contributed by atoms with Gasteiger partial charge in [0.05, 0.1) is 6.54 Å². The third-order valence-corrected chi connectivity index (χ3v) is 2.71. The van der Waals surface area contributed by atoms with E-state index in [0.717, 1.165) is 19.4 Å². The molecule has 0 saturated heterocycles. The van der Waals surface area contributed by atoms with Crippen LogP contribution in [0, 0.1) is 0 Å². The molecule has 0 heterocycles. The van der Waals surface area contributed by atoms with E-state index in [-0.39, 0.29) is 11.9 Å². The lowest BCUT2D eigenvalue weighted by Gasteiger charge is -2.02. The molecule has 0 spiro atoms. The van der Waals surface area contributed by atoms with Gasteiger partial charge in [-0.1, -0.05) is 32.1 Å². The van der Waals surface area contributed by atoms with E-state index in [4.69, 9.17) is 11.5 Å². The summed E-state index contributed by atoms with van der Waals surface area (Å²) in [6, 6.07) is 0. The first kappa shape index (κ1) is 16.7. The lowest BCUT2D eigenvalue weighted by atomic mass is 10.1. The van der Waals surface area contributed by atoms with E-state index >= 15 is 0 Å². The predicted octanol–water partition coefficient (Wildman–Crippen LogP) is 0.0438. The minimum atomic E-state index is -0.126. The number of hydrogen-bond acceptors (Lipinski definition) is 2. The van der Waals surface area contributed by atoms with Crippen LogP contribution in [0.2, 0.25) is 0 Å². The molecule has 0 aromatic rings. The average molecular weight is 258 g/mol. The molecule has 0 unspecified atom stereocenters. The number of nitrogens with one attached hydrogen (secondary N) is 1. The third kappa shape index (κ3) is 12.8. The second-order valence-corrected chi connectivity index (χ2v) is 4.50. The quantitative estimate of drug-likeness (QED) is 0.181. The van der Waals surface area contributed by atoms with Gasteiger partial charge in [-0.05, 0) is 19.3 Å². The van der Waals surface area contributed by atoms with Crippen molar-refractivity contribution in [2.24, 2.45) is 16.6 Å². The number of rotatable bonds is 11. The van der Waals surface area contributed by atoms with Gasteiger partial charge in [-0.3, -0.25) is 4.79 Å². The number of hydrazone groups is 1. The SMILES string of the molecule is NC(N)=NNC(=O)CCCCCCCCCC[NH3+]. The van der Waals surface area contributed by atoms with Gasteiger partial charge in [-0.2, -0.15) is 0 Å². The Balaban J connectivity index is 3.20. The molecule has 6 nitrogen and oxygen atoms in total. The maximum absolute atomic E-state index is 11.2. The molecule has 1 amide bonds. The van der Waals surface area contributed by atoms with E-state index in [1.165, 1.54) is 38.5 Å². The van der Waals surface area contributed by atoms with E-state index in [1.807, 2.05) is 0 Å². The van der Waals surface area contributed by atoms with Crippen LogP contribution in [0.5, 0.6) is 0 Å². The highest BCUT2D eigenvalue weighted by atomic mass is 16.2. The molecule has 0 aliphatic rings. The van der Waals surface area contributed by atoms with Gasteiger partial charge in [-0.25, -0.2) is 5.43 Å². The minimum absolute atomic E-state index is 0.120. The molecule has 8 N–H and O–H groups in total. The summed E-state index contributed by atoms with van der Waals surface area (Å²) < 4.78 is 0. The molecule has 0 aliphatic heterocycles. The van der Waals surface area contributed by atoms with Crippen LogP contribution in [0.25, 0.3) is 0 Å². The number of quaternary nitrogens is 1. The van der Waals surface area contributed by atoms with Crippen LogP contribution in [-0.4, -0.2) is 18.4 Å². The highest BCUT2D eigenvalue weighted by Gasteiger charge is 1.99. The Labute approximate surface area is 109 Å². The fourth-order valence-corrected chi connectivity index (χ4v) is 1.71. The van der Waals surface area contributed by atoms with E-state index in [1.54, 1.807) is 0 Å². The fraction of sp³-hybridized carbons (Fsp3) is 0.833. The number of amides is 1. The fourth-order valence-electron chi connectivity index (χ4n) is 1.71. The van der Waals surface area contributed by atoms with Gasteiger partial charge in [0.2, 0.25) is 11.9 Å². The van der Waals surface area contributed by atoms with Crippen molar-refractivity contribution >= 4 is 11.9 Å². The van der Waals surface area contributed by atoms with Crippen molar-refractivity contribution in [3.8, 4) is 0 Å². The highest BCUT2D eigenvalue weighted by molar-refractivity contribution is 5.80. The van der Waals surface area contributed by atoms with Gasteiger partial charge in [0.15, 0.2) is 0 Å². The van der Waals surface area contributed by atoms with Crippen molar-refractivity contribution in [1.82, 2.24) is 5.43 Å². The van der Waals surface area contributed by atoms with Crippen LogP contribution >= 0.6 is 0 Å². The Morgan fingerprint density at radius 1 is 0.944 bits per heavy atom. The second kappa shape index (κ2) is 12.2. The molecule has 0 aliphatic carbocycles. The molecule has 0 fully saturated rings. The zero-order valence-corrected chi connectivity index (χ0v) is 11.3. The summed E-state index contributed by atoms with van der Waals surface area (Å²) >= 11 is 0. The molecule has 0 saturated carbocycles. The summed E-state index contributed by atoms with van der Waals surface area (Å²) in [5, 5.41) is 3.45. The summed E-state index contributed by atoms with van der Waals surface area (Å²) in [5.74, 6) is -0.246. The Kier molecular flexibility index (Phi) is 11.3. The number of hydrogen-bond donors (Lipinski definition) is 4. The molecule has 0 aromatic carbocycles. The predicted molar refractivity (Wildman–Crippen MR) is 73.3 cm³/mol. The first-order chi connectivity index (χ1) is 8.66. The van der Waals surface area contributed by atoms with E-state index in [9.17, 15) is 4.79 Å². The molecule has 106 valence electrons. The van der Waals surface area contributed by atoms with Crippen LogP contribution < -0.4 is 22.6 Å². The van der Waals surface area contributed by atoms with Crippen molar-refractivity contribution in [2.45, 2.75) is 57.8 Å². The van der Waals surface area contributed by atoms with Gasteiger partial charge >= 0.3 is 0 Å². The molecular formula is C12H28N5O+. The lowest BCUT2D eigenvalue weighted by molar-refractivity contribution is -0.368. The molecule has 0 atom stereocenters. The summed E-state index contributed by atoms with van der Waals surface area (Å²) in [6.07, 6.45) is 10.1. The summed E-state index contributed by atoms with van der Waals surface area (Å²) in [7, 11) is 0. The average Bonchev–Trinajstić information content (AvgIpc) is 2.34. The van der Waals surface area contributed by atoms with Gasteiger partial charge in [-0.15, -0.1) is 5.10 Å². The zero-order valence-electron chi connectivity index (χ0n) is 11.3. The normalized spacial score (nSPS) is 10.1. The number of guanidine groups is 1. The number of carbonyl (C=O) groups is 1. The highest BCUT2D eigenvalue weighted by Crippen LogP contribution is 2.09. The van der Waals surface area contributed by atoms with Gasteiger partial charge < -0.3 is 17.2 Å². The number of nitrogens with two attached hydrogens (primary N) is 2. The van der Waals surface area contributed by atoms with E-state index in [2.05, 4.69) is 16.3 Å². The number of nitrogens with zero attached hydrogens (tertiary/aromatic N) is 1. The van der Waals surface area contributed by atoms with Crippen LogP contribution in [0.4, 0.5) is 0 Å². The monoisotopic (exact) mass is 258 g/mol. The van der Waals surface area contributed by atoms with E-state index < -0.39 is 0 Å². The summed E-state index contributed by atoms with van der Waals surface area (Å²) in [5.41, 5.74) is 16.3. The lowest BCUT2D eigenvalue weighted by Crippen LogP contribution is -2.50. The van der Waals surface area contributed by atoms with Crippen LogP contribution in [0.3, 0.4) is 0 Å². The van der Waals surface area contributed by atoms with Crippen LogP contribution in [-0.2, 0) is 4.79 Å². The largest absolute Gasteiger partial charge is 0.369 e. The molecule has 6 heteroatoms. The maximum Gasteiger partial charge on any atom is 0.240 e. The zero-order chi connectivity index (χ0) is 13.6. The minimum Gasteiger partial charge on any atom is -0.369 e. The molecule has 0 bridgehead atoms. The Bertz CT molecular complexity index is 239. The first-order valence-electron chi connectivity index (χ1n) is 6.83. The Morgan fingerprint density at radius 3 is 1.94 bits per heavy atom. The number of carbonyl (C=O) groups excluding carboxylic acids is 1. The van der Waals surface area contributed by atoms with Crippen molar-refractivity contribution < 1.29 is 10.5 Å². The van der Waals surface area contributed by atoms with Gasteiger partial charge in [0.25, 0.3) is 0 Å². The molecule has 0 aromatic heterocycles. The van der Waals surface area contributed by atoms with Crippen molar-refractivity contribution in [3.63, 3.8) is 0 Å². The standard InChI is InChI=1S/C12H27N5O/c13-10-8-6-4-2-1-3-5-7-9-11(18)16-17-12(14)15/h1-10,13H2,(H,16,18)(H4,14,15,17)/p+1. The molecule has 0 radical (unpaired) electrons. The summed E-state index contributed by atoms with van der Waals surface area (Å²) in [4.78, 5) is 11.2. The summed E-state index contributed by atoms with van der Waals surface area (Å²) in [6.45, 7) is 1.05. The maximum atomic E-state index is 11.2. The van der Waals surface area contributed by atoms with Crippen LogP contribution in [0.15, 0.2) is 5.10 Å². The van der Waals surface area contributed by atoms with Crippen molar-refractivity contribution in [3.05, 3.63) is 0 Å². The Morgan fingerprint density at radius 2 is 1.44 bits per heavy atom. The smallest absolute Gasteiger partial charge is 0.240 e. The number of unbranched alkanes of at least 4 members (excludes halogenated alkanes) is 7. The second-order valence-electron chi connectivity index (χ2n) is 4.50. The molecular weight excluding hydrogens is 230 g/mol. The topological polar surface area (TPSA) is 121 Å². The van der Waals surface area contributed by atoms with Gasteiger partial charge in [0.1, 0.15) is 0 Å². The first-order valence-corrected chi connectivity index (χ1v) is 6.83. The van der Waals surface area contributed by atoms with E-state index in [0.29, 0.717) is 6.42 Å². The third-order valence-electron chi connectivity index (χ3n) is 2.71. The molecule has 0 rings (SSSR count). The van der Waals surface area contributed by atoms with Crippen molar-refractivity contribution in [1.29, 1.82) is 0 Å². The van der Waals surface area contributed by atoms with Crippen LogP contribution in [0.1, 0.15) is 57.8 Å². The van der Waals surface area contributed by atoms with Gasteiger partial charge in [0, 0.05) is 6.42 Å². The molecule has 18 heavy (non-hydrogen) atoms.